The number of ether oxygens (including phenoxy) is 3. The number of hydrogen-bond acceptors (Lipinski definition) is 5. The molecular weight excluding hydrogens is 380 g/mol. The topological polar surface area (TPSA) is 73.5 Å². The molecular formula is C24H22N2O4. The van der Waals surface area contributed by atoms with E-state index in [4.69, 9.17) is 19.5 Å². The number of hydrogen-bond donors (Lipinski definition) is 0. The van der Waals surface area contributed by atoms with E-state index < -0.39 is 0 Å². The van der Waals surface area contributed by atoms with Crippen LogP contribution in [0, 0.1) is 25.2 Å². The van der Waals surface area contributed by atoms with Gasteiger partial charge in [0.15, 0.2) is 24.2 Å². The van der Waals surface area contributed by atoms with E-state index in [9.17, 15) is 4.79 Å². The van der Waals surface area contributed by atoms with Gasteiger partial charge in [0.05, 0.1) is 18.2 Å². The van der Waals surface area contributed by atoms with Crippen molar-refractivity contribution in [2.75, 3.05) is 13.2 Å². The van der Waals surface area contributed by atoms with Crippen LogP contribution in [0.4, 0.5) is 0 Å². The summed E-state index contributed by atoms with van der Waals surface area (Å²) in [5, 5.41) is 8.86. The molecule has 6 heteroatoms. The van der Waals surface area contributed by atoms with E-state index in [0.29, 0.717) is 30.0 Å². The summed E-state index contributed by atoms with van der Waals surface area (Å²) in [4.78, 5) is 12.7. The Kier molecular flexibility index (Phi) is 5.44. The lowest BCUT2D eigenvalue weighted by Crippen LogP contribution is -2.33. The number of aromatic nitrogens is 1. The van der Waals surface area contributed by atoms with Crippen molar-refractivity contribution in [3.05, 3.63) is 77.1 Å². The quantitative estimate of drug-likeness (QED) is 0.581. The van der Waals surface area contributed by atoms with Crippen molar-refractivity contribution in [3.8, 4) is 23.3 Å². The van der Waals surface area contributed by atoms with Crippen molar-refractivity contribution < 1.29 is 19.0 Å². The molecule has 2 aromatic carbocycles. The maximum atomic E-state index is 12.7. The first kappa shape index (κ1) is 19.6. The highest BCUT2D eigenvalue weighted by Gasteiger charge is 2.24. The Bertz CT molecular complexity index is 1110. The molecule has 30 heavy (non-hydrogen) atoms. The largest absolute Gasteiger partial charge is 0.486 e. The van der Waals surface area contributed by atoms with Crippen LogP contribution < -0.4 is 14.2 Å². The first-order valence-corrected chi connectivity index (χ1v) is 9.76. The Morgan fingerprint density at radius 1 is 1.17 bits per heavy atom. The molecule has 0 saturated heterocycles. The van der Waals surface area contributed by atoms with Crippen LogP contribution in [0.3, 0.4) is 0 Å². The van der Waals surface area contributed by atoms with Crippen molar-refractivity contribution >= 4 is 5.78 Å². The molecule has 0 unspecified atom stereocenters. The molecule has 0 aliphatic carbocycles. The number of ketones is 1. The number of carbonyl (C=O) groups excluding carboxylic acids is 1. The molecule has 0 spiro atoms. The summed E-state index contributed by atoms with van der Waals surface area (Å²) in [5.41, 5.74) is 3.05. The molecule has 0 N–H and O–H groups in total. The minimum atomic E-state index is -0.137. The fraction of sp³-hybridized carbons (Fsp3) is 0.250. The van der Waals surface area contributed by atoms with Crippen molar-refractivity contribution in [1.82, 2.24) is 4.57 Å². The fourth-order valence-corrected chi connectivity index (χ4v) is 3.57. The second kappa shape index (κ2) is 8.34. The lowest BCUT2D eigenvalue weighted by molar-refractivity contribution is 0.0777. The van der Waals surface area contributed by atoms with Crippen molar-refractivity contribution in [2.24, 2.45) is 0 Å². The van der Waals surface area contributed by atoms with Gasteiger partial charge in [-0.1, -0.05) is 12.1 Å². The van der Waals surface area contributed by atoms with Crippen LogP contribution in [-0.4, -0.2) is 29.7 Å². The molecule has 1 aliphatic rings. The number of nitrogens with zero attached hydrogens (tertiary/aromatic N) is 2. The lowest BCUT2D eigenvalue weighted by atomic mass is 10.1. The van der Waals surface area contributed by atoms with Gasteiger partial charge in [0.2, 0.25) is 5.78 Å². The fourth-order valence-electron chi connectivity index (χ4n) is 3.57. The van der Waals surface area contributed by atoms with Gasteiger partial charge < -0.3 is 18.8 Å². The number of fused-ring (bicyclic) bond motifs is 1. The zero-order chi connectivity index (χ0) is 21.1. The average Bonchev–Trinajstić information content (AvgIpc) is 3.06. The van der Waals surface area contributed by atoms with E-state index in [1.54, 1.807) is 24.3 Å². The van der Waals surface area contributed by atoms with Crippen molar-refractivity contribution in [2.45, 2.75) is 26.5 Å². The Morgan fingerprint density at radius 3 is 2.63 bits per heavy atom. The number of para-hydroxylation sites is 2. The maximum Gasteiger partial charge on any atom is 0.202 e. The van der Waals surface area contributed by atoms with E-state index in [1.165, 1.54) is 0 Å². The highest BCUT2D eigenvalue weighted by atomic mass is 16.6. The number of benzene rings is 2. The third-order valence-corrected chi connectivity index (χ3v) is 5.18. The van der Waals surface area contributed by atoms with Gasteiger partial charge >= 0.3 is 0 Å². The van der Waals surface area contributed by atoms with E-state index >= 15 is 0 Å². The molecule has 4 rings (SSSR count). The molecule has 1 aromatic heterocycles. The molecule has 0 saturated carbocycles. The molecule has 3 aromatic rings. The first-order chi connectivity index (χ1) is 14.5. The van der Waals surface area contributed by atoms with Crippen LogP contribution in [0.25, 0.3) is 0 Å². The van der Waals surface area contributed by atoms with E-state index in [0.717, 1.165) is 22.9 Å². The summed E-state index contributed by atoms with van der Waals surface area (Å²) in [7, 11) is 0. The minimum Gasteiger partial charge on any atom is -0.486 e. The van der Waals surface area contributed by atoms with Crippen LogP contribution in [0.2, 0.25) is 0 Å². The number of rotatable bonds is 6. The van der Waals surface area contributed by atoms with Gasteiger partial charge in [-0.3, -0.25) is 4.79 Å². The third-order valence-electron chi connectivity index (χ3n) is 5.18. The summed E-state index contributed by atoms with van der Waals surface area (Å²) in [6, 6.07) is 18.3. The van der Waals surface area contributed by atoms with Crippen molar-refractivity contribution in [1.29, 1.82) is 5.26 Å². The van der Waals surface area contributed by atoms with Gasteiger partial charge in [-0.15, -0.1) is 0 Å². The number of Topliss-reactive ketones (excluding diaryl/α,β-unsaturated/α-hetero) is 1. The van der Waals surface area contributed by atoms with Crippen molar-refractivity contribution in [3.63, 3.8) is 0 Å². The van der Waals surface area contributed by atoms with Gasteiger partial charge in [0.25, 0.3) is 0 Å². The summed E-state index contributed by atoms with van der Waals surface area (Å²) < 4.78 is 19.5. The van der Waals surface area contributed by atoms with Gasteiger partial charge in [-0.2, -0.15) is 5.26 Å². The molecule has 6 nitrogen and oxygen atoms in total. The average molecular weight is 402 g/mol. The molecule has 0 fully saturated rings. The van der Waals surface area contributed by atoms with Gasteiger partial charge in [0, 0.05) is 17.0 Å². The summed E-state index contributed by atoms with van der Waals surface area (Å²) in [6.45, 7) is 4.89. The molecule has 0 bridgehead atoms. The van der Waals surface area contributed by atoms with E-state index in [2.05, 4.69) is 10.6 Å². The maximum absolute atomic E-state index is 12.7. The standard InChI is InChI=1S/C24H22N2O4/c1-16-11-21(22(27)15-28-19-9-7-18(12-25)8-10-19)17(2)26(16)13-20-14-29-23-5-3-4-6-24(23)30-20/h3-11,20H,13-15H2,1-2H3/t20-/m1/s1. The van der Waals surface area contributed by atoms with Gasteiger partial charge in [-0.05, 0) is 56.3 Å². The van der Waals surface area contributed by atoms with E-state index in [1.807, 2.05) is 44.2 Å². The van der Waals surface area contributed by atoms with E-state index in [-0.39, 0.29) is 18.5 Å². The summed E-state index contributed by atoms with van der Waals surface area (Å²) in [5.74, 6) is 1.96. The molecule has 0 radical (unpaired) electrons. The van der Waals surface area contributed by atoms with Crippen LogP contribution in [0.1, 0.15) is 27.3 Å². The molecule has 0 amide bonds. The van der Waals surface area contributed by atoms with Crippen LogP contribution in [0.15, 0.2) is 54.6 Å². The molecule has 1 aliphatic heterocycles. The van der Waals surface area contributed by atoms with Crippen LogP contribution in [0.5, 0.6) is 17.2 Å². The third kappa shape index (κ3) is 4.01. The Hall–Kier alpha value is -3.72. The predicted molar refractivity (Wildman–Crippen MR) is 111 cm³/mol. The number of carbonyl (C=O) groups is 1. The highest BCUT2D eigenvalue weighted by Crippen LogP contribution is 2.31. The van der Waals surface area contributed by atoms with Gasteiger partial charge in [-0.25, -0.2) is 0 Å². The smallest absolute Gasteiger partial charge is 0.202 e. The Balaban J connectivity index is 1.42. The second-order valence-electron chi connectivity index (χ2n) is 7.24. The van der Waals surface area contributed by atoms with Crippen LogP contribution >= 0.6 is 0 Å². The zero-order valence-corrected chi connectivity index (χ0v) is 16.9. The SMILES string of the molecule is Cc1cc(C(=O)COc2ccc(C#N)cc2)c(C)n1C[C@@H]1COc2ccccc2O1. The number of nitriles is 1. The second-order valence-corrected chi connectivity index (χ2v) is 7.24. The minimum absolute atomic E-state index is 0.0629. The molecule has 1 atom stereocenters. The lowest BCUT2D eigenvalue weighted by Gasteiger charge is -2.27. The number of aryl methyl sites for hydroxylation is 1. The summed E-state index contributed by atoms with van der Waals surface area (Å²) in [6.07, 6.45) is -0.137. The van der Waals surface area contributed by atoms with Crippen LogP contribution in [-0.2, 0) is 6.54 Å². The summed E-state index contributed by atoms with van der Waals surface area (Å²) >= 11 is 0. The highest BCUT2D eigenvalue weighted by molar-refractivity contribution is 5.98. The zero-order valence-electron chi connectivity index (χ0n) is 16.9. The predicted octanol–water partition coefficient (Wildman–Crippen LogP) is 4.08. The Labute approximate surface area is 175 Å². The normalized spacial score (nSPS) is 14.8. The monoisotopic (exact) mass is 402 g/mol. The van der Waals surface area contributed by atoms with Gasteiger partial charge in [0.1, 0.15) is 12.4 Å². The Morgan fingerprint density at radius 2 is 1.90 bits per heavy atom. The molecule has 152 valence electrons. The first-order valence-electron chi connectivity index (χ1n) is 9.76. The molecule has 2 heterocycles.